The molecule has 0 bridgehead atoms. The molecule has 0 unspecified atom stereocenters. The number of rotatable bonds is 5. The molecule has 0 aliphatic carbocycles. The largest absolute Gasteiger partial charge is 0.345 e. The molecular weight excluding hydrogens is 340 g/mol. The molecule has 138 valence electrons. The Bertz CT molecular complexity index is 797. The van der Waals surface area contributed by atoms with Gasteiger partial charge in [0.2, 0.25) is 0 Å². The lowest BCUT2D eigenvalue weighted by molar-refractivity contribution is 0.199. The normalized spacial score (nSPS) is 16.7. The highest BCUT2D eigenvalue weighted by atomic mass is 35.5. The van der Waals surface area contributed by atoms with Crippen molar-refractivity contribution in [1.29, 1.82) is 0 Å². The van der Waals surface area contributed by atoms with Gasteiger partial charge in [0.15, 0.2) is 0 Å². The van der Waals surface area contributed by atoms with Gasteiger partial charge in [-0.05, 0) is 39.3 Å². The zero-order valence-corrected chi connectivity index (χ0v) is 16.3. The van der Waals surface area contributed by atoms with Gasteiger partial charge in [-0.1, -0.05) is 18.5 Å². The van der Waals surface area contributed by atoms with E-state index in [0.29, 0.717) is 12.5 Å². The first-order chi connectivity index (χ1) is 12.0. The maximum atomic E-state index is 12.1. The van der Waals surface area contributed by atoms with Crippen molar-refractivity contribution >= 4 is 11.6 Å². The van der Waals surface area contributed by atoms with Crippen molar-refractivity contribution in [2.45, 2.75) is 52.1 Å². The summed E-state index contributed by atoms with van der Waals surface area (Å²) in [6, 6.07) is 0. The van der Waals surface area contributed by atoms with Gasteiger partial charge < -0.3 is 0 Å². The topological polar surface area (TPSA) is 60.9 Å². The van der Waals surface area contributed by atoms with Crippen LogP contribution in [0.2, 0.25) is 5.15 Å². The number of aromatic nitrogens is 5. The number of nitrogens with zero attached hydrogens (tertiary/aromatic N) is 6. The van der Waals surface area contributed by atoms with Gasteiger partial charge >= 0.3 is 5.69 Å². The van der Waals surface area contributed by atoms with E-state index in [1.807, 2.05) is 14.0 Å². The van der Waals surface area contributed by atoms with E-state index in [-0.39, 0.29) is 5.69 Å². The Kier molecular flexibility index (Phi) is 5.34. The van der Waals surface area contributed by atoms with Crippen LogP contribution in [0.1, 0.15) is 49.7 Å². The van der Waals surface area contributed by atoms with Crippen LogP contribution in [0.25, 0.3) is 0 Å². The van der Waals surface area contributed by atoms with Crippen molar-refractivity contribution in [2.24, 2.45) is 14.1 Å². The average molecular weight is 367 g/mol. The van der Waals surface area contributed by atoms with Gasteiger partial charge in [0.1, 0.15) is 11.0 Å². The molecule has 3 rings (SSSR count). The summed E-state index contributed by atoms with van der Waals surface area (Å²) in [5, 5.41) is 9.71. The molecule has 0 radical (unpaired) electrons. The molecule has 2 aromatic heterocycles. The highest BCUT2D eigenvalue weighted by Gasteiger charge is 2.27. The summed E-state index contributed by atoms with van der Waals surface area (Å²) in [6.45, 7) is 7.58. The van der Waals surface area contributed by atoms with E-state index in [0.717, 1.165) is 61.1 Å². The molecule has 7 nitrogen and oxygen atoms in total. The van der Waals surface area contributed by atoms with Crippen molar-refractivity contribution < 1.29 is 0 Å². The van der Waals surface area contributed by atoms with E-state index in [1.165, 1.54) is 4.68 Å². The van der Waals surface area contributed by atoms with Crippen LogP contribution in [-0.2, 0) is 33.6 Å². The van der Waals surface area contributed by atoms with Crippen LogP contribution in [0, 0.1) is 0 Å². The SMILES string of the molecule is CCc1nn(C)c(Cl)c1CN1CCC(c2nn(C)c(=O)n2CC)CC1. The fraction of sp³-hybridized carbons (Fsp3) is 0.706. The summed E-state index contributed by atoms with van der Waals surface area (Å²) >= 11 is 6.42. The number of hydrogen-bond acceptors (Lipinski definition) is 4. The van der Waals surface area contributed by atoms with Crippen molar-refractivity contribution in [3.8, 4) is 0 Å². The Hall–Kier alpha value is -1.60. The summed E-state index contributed by atoms with van der Waals surface area (Å²) in [7, 11) is 3.62. The number of aryl methyl sites for hydroxylation is 3. The van der Waals surface area contributed by atoms with Crippen LogP contribution < -0.4 is 5.69 Å². The first kappa shape index (κ1) is 18.2. The van der Waals surface area contributed by atoms with Crippen molar-refractivity contribution in [3.05, 3.63) is 32.7 Å². The molecule has 0 spiro atoms. The zero-order chi connectivity index (χ0) is 18.1. The third-order valence-electron chi connectivity index (χ3n) is 5.17. The lowest BCUT2D eigenvalue weighted by atomic mass is 9.95. The lowest BCUT2D eigenvalue weighted by Gasteiger charge is -2.31. The highest BCUT2D eigenvalue weighted by Crippen LogP contribution is 2.29. The number of likely N-dealkylation sites (tertiary alicyclic amines) is 1. The molecule has 2 aromatic rings. The summed E-state index contributed by atoms with van der Waals surface area (Å²) in [5.41, 5.74) is 2.21. The molecule has 0 atom stereocenters. The quantitative estimate of drug-likeness (QED) is 0.811. The van der Waals surface area contributed by atoms with Gasteiger partial charge in [0, 0.05) is 38.7 Å². The summed E-state index contributed by atoms with van der Waals surface area (Å²) < 4.78 is 5.01. The van der Waals surface area contributed by atoms with Crippen LogP contribution in [0.3, 0.4) is 0 Å². The average Bonchev–Trinajstić information content (AvgIpc) is 3.06. The number of hydrogen-bond donors (Lipinski definition) is 0. The maximum Gasteiger partial charge on any atom is 0.345 e. The molecule has 1 fully saturated rings. The summed E-state index contributed by atoms with van der Waals surface area (Å²) in [5.74, 6) is 1.28. The van der Waals surface area contributed by atoms with E-state index in [9.17, 15) is 4.79 Å². The van der Waals surface area contributed by atoms with Gasteiger partial charge in [-0.3, -0.25) is 14.1 Å². The molecule has 1 aliphatic heterocycles. The zero-order valence-electron chi connectivity index (χ0n) is 15.5. The molecule has 0 N–H and O–H groups in total. The predicted octanol–water partition coefficient (Wildman–Crippen LogP) is 1.93. The maximum absolute atomic E-state index is 12.1. The minimum absolute atomic E-state index is 0.0188. The van der Waals surface area contributed by atoms with Crippen LogP contribution in [-0.4, -0.2) is 42.1 Å². The smallest absolute Gasteiger partial charge is 0.299 e. The fourth-order valence-corrected chi connectivity index (χ4v) is 3.94. The molecular formula is C17H27ClN6O. The third-order valence-corrected chi connectivity index (χ3v) is 5.65. The third kappa shape index (κ3) is 3.40. The Balaban J connectivity index is 1.69. The van der Waals surface area contributed by atoms with E-state index < -0.39 is 0 Å². The summed E-state index contributed by atoms with van der Waals surface area (Å²) in [6.07, 6.45) is 2.91. The first-order valence-corrected chi connectivity index (χ1v) is 9.40. The Labute approximate surface area is 153 Å². The van der Waals surface area contributed by atoms with Gasteiger partial charge in [0.05, 0.1) is 5.69 Å². The number of piperidine rings is 1. The molecule has 1 saturated heterocycles. The second-order valence-corrected chi connectivity index (χ2v) is 7.11. The Morgan fingerprint density at radius 2 is 1.80 bits per heavy atom. The first-order valence-electron chi connectivity index (χ1n) is 9.02. The van der Waals surface area contributed by atoms with Gasteiger partial charge in [-0.2, -0.15) is 10.2 Å². The minimum atomic E-state index is -0.0188. The molecule has 25 heavy (non-hydrogen) atoms. The van der Waals surface area contributed by atoms with Crippen LogP contribution >= 0.6 is 11.6 Å². The lowest BCUT2D eigenvalue weighted by Crippen LogP contribution is -2.34. The molecule has 8 heteroatoms. The second-order valence-electron chi connectivity index (χ2n) is 6.75. The van der Waals surface area contributed by atoms with Crippen LogP contribution in [0.4, 0.5) is 0 Å². The van der Waals surface area contributed by atoms with Gasteiger partial charge in [0.25, 0.3) is 0 Å². The van der Waals surface area contributed by atoms with E-state index >= 15 is 0 Å². The molecule has 1 aliphatic rings. The standard InChI is InChI=1S/C17H27ClN6O/c1-5-14-13(15(18)21(3)19-14)11-23-9-7-12(8-10-23)16-20-22(4)17(25)24(16)6-2/h12H,5-11H2,1-4H3. The van der Waals surface area contributed by atoms with Crippen molar-refractivity contribution in [3.63, 3.8) is 0 Å². The minimum Gasteiger partial charge on any atom is -0.299 e. The van der Waals surface area contributed by atoms with Crippen LogP contribution in [0.5, 0.6) is 0 Å². The Morgan fingerprint density at radius 3 is 2.40 bits per heavy atom. The second kappa shape index (κ2) is 7.33. The van der Waals surface area contributed by atoms with E-state index in [4.69, 9.17) is 11.6 Å². The monoisotopic (exact) mass is 366 g/mol. The van der Waals surface area contributed by atoms with E-state index in [1.54, 1.807) is 16.3 Å². The molecule has 0 amide bonds. The molecule has 0 aromatic carbocycles. The van der Waals surface area contributed by atoms with E-state index in [2.05, 4.69) is 22.0 Å². The van der Waals surface area contributed by atoms with Crippen molar-refractivity contribution in [1.82, 2.24) is 29.0 Å². The molecule has 3 heterocycles. The summed E-state index contributed by atoms with van der Waals surface area (Å²) in [4.78, 5) is 14.5. The van der Waals surface area contributed by atoms with Crippen molar-refractivity contribution in [2.75, 3.05) is 13.1 Å². The van der Waals surface area contributed by atoms with Gasteiger partial charge in [-0.15, -0.1) is 0 Å². The predicted molar refractivity (Wildman–Crippen MR) is 98.0 cm³/mol. The number of halogens is 1. The van der Waals surface area contributed by atoms with Crippen LogP contribution in [0.15, 0.2) is 4.79 Å². The molecule has 0 saturated carbocycles. The van der Waals surface area contributed by atoms with Gasteiger partial charge in [-0.25, -0.2) is 9.48 Å². The Morgan fingerprint density at radius 1 is 1.12 bits per heavy atom. The fourth-order valence-electron chi connectivity index (χ4n) is 3.74. The highest BCUT2D eigenvalue weighted by molar-refractivity contribution is 6.30.